The average molecular weight is 628 g/mol. The van der Waals surface area contributed by atoms with Crippen LogP contribution in [0, 0.1) is 5.82 Å². The molecule has 2 aromatic heterocycles. The number of nitrogens with one attached hydrogen (secondary N) is 3. The van der Waals surface area contributed by atoms with Crippen LogP contribution < -0.4 is 21.3 Å². The number of rotatable bonds is 8. The Hall–Kier alpha value is -4.26. The second kappa shape index (κ2) is 13.2. The lowest BCUT2D eigenvalue weighted by molar-refractivity contribution is 0.0904. The molecule has 0 spiro atoms. The minimum Gasteiger partial charge on any atom is -0.381 e. The lowest BCUT2D eigenvalue weighted by atomic mass is 10.0. The van der Waals surface area contributed by atoms with Gasteiger partial charge in [0.15, 0.2) is 17.3 Å². The number of carbonyl (C=O) groups excluding carboxylic acids is 1. The van der Waals surface area contributed by atoms with Crippen molar-refractivity contribution in [3.63, 3.8) is 0 Å². The largest absolute Gasteiger partial charge is 0.381 e. The quantitative estimate of drug-likeness (QED) is 0.225. The highest BCUT2D eigenvalue weighted by Crippen LogP contribution is 2.35. The van der Waals surface area contributed by atoms with Crippen LogP contribution in [0.25, 0.3) is 22.2 Å². The predicted molar refractivity (Wildman–Crippen MR) is 179 cm³/mol. The molecule has 0 saturated carbocycles. The summed E-state index contributed by atoms with van der Waals surface area (Å²) >= 11 is 0. The number of piperidine rings is 1. The number of nitrogens with two attached hydrogens (primary N) is 1. The molecule has 5 N–H and O–H groups in total. The number of primary amides is 1. The van der Waals surface area contributed by atoms with Gasteiger partial charge in [0.1, 0.15) is 11.5 Å². The molecule has 5 heterocycles. The lowest BCUT2D eigenvalue weighted by Gasteiger charge is -2.42. The van der Waals surface area contributed by atoms with Gasteiger partial charge in [0.2, 0.25) is 0 Å². The Labute approximate surface area is 268 Å². The molecule has 3 aliphatic rings. The Bertz CT molecular complexity index is 1670. The first-order valence-corrected chi connectivity index (χ1v) is 16.3. The van der Waals surface area contributed by atoms with Crippen molar-refractivity contribution >= 4 is 39.8 Å². The summed E-state index contributed by atoms with van der Waals surface area (Å²) in [6.07, 6.45) is 5.62. The van der Waals surface area contributed by atoms with Gasteiger partial charge in [-0.1, -0.05) is 0 Å². The van der Waals surface area contributed by atoms with Crippen molar-refractivity contribution in [2.75, 3.05) is 75.1 Å². The molecule has 3 aliphatic heterocycles. The Morgan fingerprint density at radius 1 is 0.935 bits per heavy atom. The molecule has 0 radical (unpaired) electrons. The maximum absolute atomic E-state index is 14.6. The third kappa shape index (κ3) is 6.37. The third-order valence-electron chi connectivity index (χ3n) is 9.63. The topological polar surface area (TPSA) is 128 Å². The third-order valence-corrected chi connectivity index (χ3v) is 9.63. The van der Waals surface area contributed by atoms with Crippen LogP contribution in [0.15, 0.2) is 48.7 Å². The van der Waals surface area contributed by atoms with Gasteiger partial charge in [-0.2, -0.15) is 0 Å². The second-order valence-electron chi connectivity index (χ2n) is 12.6. The molecule has 12 heteroatoms. The van der Waals surface area contributed by atoms with Crippen molar-refractivity contribution in [1.29, 1.82) is 0 Å². The molecule has 3 fully saturated rings. The number of hydrogen-bond donors (Lipinski definition) is 4. The van der Waals surface area contributed by atoms with Crippen LogP contribution in [-0.2, 0) is 4.74 Å². The van der Waals surface area contributed by atoms with Crippen molar-refractivity contribution in [3.05, 3.63) is 60.2 Å². The van der Waals surface area contributed by atoms with Crippen molar-refractivity contribution in [2.45, 2.75) is 37.8 Å². The van der Waals surface area contributed by atoms with E-state index in [1.165, 1.54) is 24.6 Å². The number of likely N-dealkylation sites (N-methyl/N-ethyl adjacent to an activating group) is 1. The lowest BCUT2D eigenvalue weighted by Crippen LogP contribution is -2.52. The summed E-state index contributed by atoms with van der Waals surface area (Å²) in [5, 5.41) is 7.47. The number of ether oxygens (including phenoxy) is 1. The van der Waals surface area contributed by atoms with Gasteiger partial charge in [-0.05, 0) is 75.2 Å². The number of piperazine rings is 1. The predicted octanol–water partition coefficient (Wildman–Crippen LogP) is 4.41. The number of hydrogen-bond acceptors (Lipinski definition) is 9. The maximum atomic E-state index is 14.6. The van der Waals surface area contributed by atoms with E-state index in [0.29, 0.717) is 47.2 Å². The van der Waals surface area contributed by atoms with Gasteiger partial charge in [0.05, 0.1) is 5.52 Å². The number of H-pyrrole nitrogens is 1. The van der Waals surface area contributed by atoms with Gasteiger partial charge < -0.3 is 35.9 Å². The Balaban J connectivity index is 1.13. The maximum Gasteiger partial charge on any atom is 0.271 e. The fourth-order valence-electron chi connectivity index (χ4n) is 6.91. The molecule has 242 valence electrons. The first-order chi connectivity index (χ1) is 22.4. The molecule has 0 unspecified atom stereocenters. The molecule has 11 nitrogen and oxygen atoms in total. The molecule has 1 amide bonds. The van der Waals surface area contributed by atoms with E-state index in [9.17, 15) is 9.18 Å². The summed E-state index contributed by atoms with van der Waals surface area (Å²) in [7, 11) is 2.20. The molecule has 0 aliphatic carbocycles. The van der Waals surface area contributed by atoms with E-state index in [-0.39, 0.29) is 23.4 Å². The summed E-state index contributed by atoms with van der Waals surface area (Å²) in [5.41, 5.74) is 9.26. The molecular weight excluding hydrogens is 585 g/mol. The van der Waals surface area contributed by atoms with Crippen LogP contribution in [0.1, 0.15) is 36.2 Å². The van der Waals surface area contributed by atoms with Crippen LogP contribution in [0.4, 0.5) is 27.4 Å². The molecule has 0 bridgehead atoms. The van der Waals surface area contributed by atoms with Crippen molar-refractivity contribution < 1.29 is 13.9 Å². The normalized spacial score (nSPS) is 19.0. The zero-order valence-electron chi connectivity index (χ0n) is 26.3. The van der Waals surface area contributed by atoms with E-state index in [0.717, 1.165) is 57.8 Å². The van der Waals surface area contributed by atoms with Gasteiger partial charge in [-0.3, -0.25) is 9.69 Å². The summed E-state index contributed by atoms with van der Waals surface area (Å²) in [5.74, 6) is -0.319. The number of aromatic nitrogens is 3. The van der Waals surface area contributed by atoms with Crippen LogP contribution in [0.3, 0.4) is 0 Å². The SMILES string of the molecule is CN1CCN(C2CCN(c3ccc(Nc4nc(NC5CCOCC5)c(-c5ccc(F)c6[nH]ccc56)nc4C(N)=O)cc3)CC2)CC1. The zero-order chi connectivity index (χ0) is 31.6. The van der Waals surface area contributed by atoms with Gasteiger partial charge in [0.25, 0.3) is 5.91 Å². The Kier molecular flexibility index (Phi) is 8.74. The minimum atomic E-state index is -0.707. The van der Waals surface area contributed by atoms with Crippen LogP contribution in [0.5, 0.6) is 0 Å². The minimum absolute atomic E-state index is 0.00981. The van der Waals surface area contributed by atoms with Crippen molar-refractivity contribution in [3.8, 4) is 11.3 Å². The number of aromatic amines is 1. The van der Waals surface area contributed by atoms with E-state index in [1.807, 2.05) is 12.1 Å². The van der Waals surface area contributed by atoms with Crippen LogP contribution in [-0.4, -0.2) is 102 Å². The van der Waals surface area contributed by atoms with E-state index in [1.54, 1.807) is 18.3 Å². The number of carbonyl (C=O) groups is 1. The molecular formula is C34H42FN9O2. The number of anilines is 4. The van der Waals surface area contributed by atoms with E-state index in [4.69, 9.17) is 20.4 Å². The summed E-state index contributed by atoms with van der Waals surface area (Å²) in [4.78, 5) is 32.9. The van der Waals surface area contributed by atoms with Gasteiger partial charge in [0, 0.05) is 93.1 Å². The number of halogens is 1. The number of amides is 1. The molecule has 2 aromatic carbocycles. The van der Waals surface area contributed by atoms with E-state index < -0.39 is 5.91 Å². The standard InChI is InChI=1S/C34H42FN9O2/c1-42-16-18-44(19-17-42)25-9-14-43(15-10-25)24-4-2-22(3-5-24)38-34-31(32(36)45)40-30(33(41-34)39-23-11-20-46-21-12-23)26-6-7-28(35)29-27(26)8-13-37-29/h2-8,13,23,25,37H,9-12,14-21H2,1H3,(H2,36,45)(H2,38,39,41). The fraction of sp³-hybridized carbons (Fsp3) is 0.441. The zero-order valence-corrected chi connectivity index (χ0v) is 26.3. The Morgan fingerprint density at radius 2 is 1.67 bits per heavy atom. The molecule has 3 saturated heterocycles. The summed E-state index contributed by atoms with van der Waals surface area (Å²) < 4.78 is 20.1. The molecule has 46 heavy (non-hydrogen) atoms. The van der Waals surface area contributed by atoms with E-state index >= 15 is 0 Å². The summed E-state index contributed by atoms with van der Waals surface area (Å²) in [6.45, 7) is 7.96. The smallest absolute Gasteiger partial charge is 0.271 e. The fourth-order valence-corrected chi connectivity index (χ4v) is 6.91. The molecule has 4 aromatic rings. The Morgan fingerprint density at radius 3 is 2.39 bits per heavy atom. The van der Waals surface area contributed by atoms with Crippen LogP contribution >= 0.6 is 0 Å². The monoisotopic (exact) mass is 627 g/mol. The van der Waals surface area contributed by atoms with Gasteiger partial charge >= 0.3 is 0 Å². The van der Waals surface area contributed by atoms with Gasteiger partial charge in [-0.15, -0.1) is 0 Å². The van der Waals surface area contributed by atoms with Crippen LogP contribution in [0.2, 0.25) is 0 Å². The first kappa shape index (κ1) is 30.4. The molecule has 0 atom stereocenters. The van der Waals surface area contributed by atoms with Crippen molar-refractivity contribution in [1.82, 2.24) is 24.8 Å². The highest BCUT2D eigenvalue weighted by molar-refractivity contribution is 6.01. The number of nitrogens with zero attached hydrogens (tertiary/aromatic N) is 5. The van der Waals surface area contributed by atoms with Crippen molar-refractivity contribution in [2.24, 2.45) is 5.73 Å². The van der Waals surface area contributed by atoms with Gasteiger partial charge in [-0.25, -0.2) is 14.4 Å². The highest BCUT2D eigenvalue weighted by Gasteiger charge is 2.27. The number of benzene rings is 2. The second-order valence-corrected chi connectivity index (χ2v) is 12.6. The highest BCUT2D eigenvalue weighted by atomic mass is 19.1. The van der Waals surface area contributed by atoms with E-state index in [2.05, 4.69) is 49.5 Å². The number of fused-ring (bicyclic) bond motifs is 1. The molecule has 7 rings (SSSR count). The average Bonchev–Trinajstić information content (AvgIpc) is 3.58. The summed E-state index contributed by atoms with van der Waals surface area (Å²) in [6, 6.07) is 13.8. The first-order valence-electron chi connectivity index (χ1n) is 16.3.